The molecule has 2 aromatic heterocycles. The first-order valence-corrected chi connectivity index (χ1v) is 6.35. The number of ether oxygens (including phenoxy) is 3. The zero-order valence-corrected chi connectivity index (χ0v) is 11.4. The Labute approximate surface area is 116 Å². The molecular formula is C12H19N5O3. The molecule has 0 aliphatic carbocycles. The van der Waals surface area contributed by atoms with E-state index in [1.165, 1.54) is 0 Å². The van der Waals surface area contributed by atoms with Gasteiger partial charge in [0.05, 0.1) is 12.8 Å². The van der Waals surface area contributed by atoms with E-state index in [2.05, 4.69) is 15.4 Å². The van der Waals surface area contributed by atoms with Crippen molar-refractivity contribution < 1.29 is 14.2 Å². The van der Waals surface area contributed by atoms with Crippen LogP contribution >= 0.6 is 0 Å². The number of imidazole rings is 1. The topological polar surface area (TPSA) is 95.9 Å². The van der Waals surface area contributed by atoms with Crippen LogP contribution in [0.4, 0.5) is 5.82 Å². The molecule has 3 N–H and O–H groups in total. The van der Waals surface area contributed by atoms with Crippen molar-refractivity contribution in [2.45, 2.75) is 6.42 Å². The summed E-state index contributed by atoms with van der Waals surface area (Å²) < 4.78 is 17.7. The quantitative estimate of drug-likeness (QED) is 0.391. The number of fused-ring (bicyclic) bond motifs is 1. The molecule has 0 bridgehead atoms. The van der Waals surface area contributed by atoms with Crippen molar-refractivity contribution in [1.82, 2.24) is 14.4 Å². The van der Waals surface area contributed by atoms with Gasteiger partial charge in [-0.2, -0.15) is 4.98 Å². The highest BCUT2D eigenvalue weighted by molar-refractivity contribution is 5.53. The van der Waals surface area contributed by atoms with E-state index in [1.54, 1.807) is 30.1 Å². The molecule has 0 amide bonds. The van der Waals surface area contributed by atoms with Crippen LogP contribution in [0.1, 0.15) is 6.42 Å². The second-order valence-electron chi connectivity index (χ2n) is 4.04. The average Bonchev–Trinajstić information content (AvgIpc) is 2.94. The van der Waals surface area contributed by atoms with Gasteiger partial charge in [-0.1, -0.05) is 0 Å². The van der Waals surface area contributed by atoms with Gasteiger partial charge in [0.25, 0.3) is 5.88 Å². The van der Waals surface area contributed by atoms with Gasteiger partial charge in [0.2, 0.25) is 5.65 Å². The Balaban J connectivity index is 1.84. The zero-order chi connectivity index (χ0) is 14.2. The van der Waals surface area contributed by atoms with Crippen LogP contribution in [0.2, 0.25) is 0 Å². The molecule has 8 heteroatoms. The number of hydrogen-bond acceptors (Lipinski definition) is 7. The third kappa shape index (κ3) is 3.80. The van der Waals surface area contributed by atoms with E-state index in [4.69, 9.17) is 20.1 Å². The van der Waals surface area contributed by atoms with E-state index in [9.17, 15) is 0 Å². The first kappa shape index (κ1) is 14.5. The fourth-order valence-electron chi connectivity index (χ4n) is 1.67. The summed E-state index contributed by atoms with van der Waals surface area (Å²) in [5.41, 5.74) is 3.13. The van der Waals surface area contributed by atoms with Gasteiger partial charge < -0.3 is 19.6 Å². The lowest BCUT2D eigenvalue weighted by Crippen LogP contribution is -2.13. The van der Waals surface area contributed by atoms with Crippen molar-refractivity contribution >= 4 is 11.5 Å². The van der Waals surface area contributed by atoms with E-state index >= 15 is 0 Å². The largest absolute Gasteiger partial charge is 0.473 e. The first-order chi connectivity index (χ1) is 9.85. The Morgan fingerprint density at radius 1 is 1.30 bits per heavy atom. The molecule has 0 aliphatic rings. The Kier molecular flexibility index (Phi) is 5.54. The molecule has 20 heavy (non-hydrogen) atoms. The van der Waals surface area contributed by atoms with Gasteiger partial charge in [-0.3, -0.25) is 4.40 Å². The summed E-state index contributed by atoms with van der Waals surface area (Å²) in [7, 11) is 1.67. The minimum Gasteiger partial charge on any atom is -0.473 e. The minimum absolute atomic E-state index is 0.399. The standard InChI is InChI=1S/C12H19N5O3/c1-18-5-2-6-19-7-8-20-12-11-14-3-4-17(11)9-10(15-12)16-13/h3-4,9,16H,2,5-8,13H2,1H3. The lowest BCUT2D eigenvalue weighted by molar-refractivity contribution is 0.0798. The maximum absolute atomic E-state index is 5.58. The highest BCUT2D eigenvalue weighted by Crippen LogP contribution is 2.17. The number of hydrazine groups is 1. The molecular weight excluding hydrogens is 262 g/mol. The number of hydrogen-bond donors (Lipinski definition) is 2. The number of nitrogen functional groups attached to an aromatic ring is 1. The average molecular weight is 281 g/mol. The molecule has 0 aliphatic heterocycles. The van der Waals surface area contributed by atoms with Crippen molar-refractivity contribution in [3.63, 3.8) is 0 Å². The van der Waals surface area contributed by atoms with Crippen LogP contribution < -0.4 is 16.0 Å². The SMILES string of the molecule is COCCCOCCOc1nc(NN)cn2ccnc12. The molecule has 0 spiro atoms. The van der Waals surface area contributed by atoms with Gasteiger partial charge in [0, 0.05) is 32.7 Å². The minimum atomic E-state index is 0.399. The van der Waals surface area contributed by atoms with Crippen LogP contribution in [0.5, 0.6) is 5.88 Å². The third-order valence-electron chi connectivity index (χ3n) is 2.59. The molecule has 2 aromatic rings. The second-order valence-corrected chi connectivity index (χ2v) is 4.04. The predicted octanol–water partition coefficient (Wildman–Crippen LogP) is 0.447. The van der Waals surface area contributed by atoms with Crippen LogP contribution in [0, 0.1) is 0 Å². The van der Waals surface area contributed by atoms with Crippen molar-refractivity contribution in [3.8, 4) is 5.88 Å². The number of methoxy groups -OCH3 is 1. The van der Waals surface area contributed by atoms with Crippen molar-refractivity contribution in [2.24, 2.45) is 5.84 Å². The summed E-state index contributed by atoms with van der Waals surface area (Å²) in [4.78, 5) is 8.40. The molecule has 2 rings (SSSR count). The first-order valence-electron chi connectivity index (χ1n) is 6.35. The summed E-state index contributed by atoms with van der Waals surface area (Å²) in [6.45, 7) is 2.23. The Bertz CT molecular complexity index is 531. The summed E-state index contributed by atoms with van der Waals surface area (Å²) in [6, 6.07) is 0. The molecule has 0 unspecified atom stereocenters. The Morgan fingerprint density at radius 2 is 2.20 bits per heavy atom. The lowest BCUT2D eigenvalue weighted by atomic mass is 10.5. The molecule has 0 atom stereocenters. The zero-order valence-electron chi connectivity index (χ0n) is 11.4. The van der Waals surface area contributed by atoms with Gasteiger partial charge in [-0.15, -0.1) is 0 Å². The van der Waals surface area contributed by atoms with Gasteiger partial charge in [0.15, 0.2) is 5.82 Å². The summed E-state index contributed by atoms with van der Waals surface area (Å²) in [5, 5.41) is 0. The van der Waals surface area contributed by atoms with Gasteiger partial charge in [0.1, 0.15) is 6.61 Å². The molecule has 0 fully saturated rings. The summed E-state index contributed by atoms with van der Waals surface area (Å²) in [5.74, 6) is 6.29. The number of anilines is 1. The maximum Gasteiger partial charge on any atom is 0.260 e. The smallest absolute Gasteiger partial charge is 0.260 e. The van der Waals surface area contributed by atoms with Crippen molar-refractivity contribution in [2.75, 3.05) is 39.0 Å². The normalized spacial score (nSPS) is 10.9. The van der Waals surface area contributed by atoms with Crippen LogP contribution in [-0.2, 0) is 9.47 Å². The van der Waals surface area contributed by atoms with E-state index in [0.717, 1.165) is 6.42 Å². The molecule has 8 nitrogen and oxygen atoms in total. The molecule has 2 heterocycles. The van der Waals surface area contributed by atoms with Crippen LogP contribution in [0.3, 0.4) is 0 Å². The van der Waals surface area contributed by atoms with Gasteiger partial charge in [-0.25, -0.2) is 10.8 Å². The fraction of sp³-hybridized carbons (Fsp3) is 0.500. The van der Waals surface area contributed by atoms with Crippen LogP contribution in [0.15, 0.2) is 18.6 Å². The molecule has 0 radical (unpaired) electrons. The number of aromatic nitrogens is 3. The van der Waals surface area contributed by atoms with Gasteiger partial charge in [-0.05, 0) is 6.42 Å². The van der Waals surface area contributed by atoms with Crippen LogP contribution in [0.25, 0.3) is 5.65 Å². The second kappa shape index (κ2) is 7.63. The van der Waals surface area contributed by atoms with E-state index in [1.807, 2.05) is 0 Å². The Morgan fingerprint density at radius 3 is 3.00 bits per heavy atom. The number of nitrogens with one attached hydrogen (secondary N) is 1. The van der Waals surface area contributed by atoms with Crippen LogP contribution in [-0.4, -0.2) is 47.9 Å². The highest BCUT2D eigenvalue weighted by Gasteiger charge is 2.08. The third-order valence-corrected chi connectivity index (χ3v) is 2.59. The fourth-order valence-corrected chi connectivity index (χ4v) is 1.67. The van der Waals surface area contributed by atoms with E-state index in [-0.39, 0.29) is 0 Å². The van der Waals surface area contributed by atoms with E-state index in [0.29, 0.717) is 43.8 Å². The maximum atomic E-state index is 5.58. The number of nitrogens with zero attached hydrogens (tertiary/aromatic N) is 3. The van der Waals surface area contributed by atoms with Crippen molar-refractivity contribution in [3.05, 3.63) is 18.6 Å². The summed E-state index contributed by atoms with van der Waals surface area (Å²) in [6.07, 6.45) is 6.07. The molecule has 0 aromatic carbocycles. The van der Waals surface area contributed by atoms with Gasteiger partial charge >= 0.3 is 0 Å². The van der Waals surface area contributed by atoms with E-state index < -0.39 is 0 Å². The van der Waals surface area contributed by atoms with Crippen molar-refractivity contribution in [1.29, 1.82) is 0 Å². The molecule has 110 valence electrons. The highest BCUT2D eigenvalue weighted by atomic mass is 16.5. The number of rotatable bonds is 9. The monoisotopic (exact) mass is 281 g/mol. The number of nitrogens with two attached hydrogens (primary N) is 1. The Hall–Kier alpha value is -1.90. The lowest BCUT2D eigenvalue weighted by Gasteiger charge is -2.09. The molecule has 0 saturated heterocycles. The summed E-state index contributed by atoms with van der Waals surface area (Å²) >= 11 is 0. The molecule has 0 saturated carbocycles. The predicted molar refractivity (Wildman–Crippen MR) is 73.6 cm³/mol.